The van der Waals surface area contributed by atoms with E-state index < -0.39 is 0 Å². The van der Waals surface area contributed by atoms with Crippen LogP contribution in [0.5, 0.6) is 0 Å². The fourth-order valence-corrected chi connectivity index (χ4v) is 4.00. The molecule has 0 saturated carbocycles. The maximum absolute atomic E-state index is 12.9. The molecule has 0 aliphatic heterocycles. The molecular formula is C21H17Cl2NOS. The Morgan fingerprint density at radius 2 is 1.88 bits per heavy atom. The van der Waals surface area contributed by atoms with E-state index in [4.69, 9.17) is 23.2 Å². The van der Waals surface area contributed by atoms with E-state index in [0.29, 0.717) is 16.6 Å². The first-order valence-corrected chi connectivity index (χ1v) is 9.71. The van der Waals surface area contributed by atoms with Gasteiger partial charge in [-0.2, -0.15) is 0 Å². The lowest BCUT2D eigenvalue weighted by Gasteiger charge is -2.20. The van der Waals surface area contributed by atoms with Crippen molar-refractivity contribution in [3.05, 3.63) is 88.2 Å². The third-order valence-corrected chi connectivity index (χ3v) is 5.48. The first-order chi connectivity index (χ1) is 12.6. The van der Waals surface area contributed by atoms with Gasteiger partial charge in [0.1, 0.15) is 0 Å². The highest BCUT2D eigenvalue weighted by molar-refractivity contribution is 7.14. The van der Waals surface area contributed by atoms with E-state index >= 15 is 0 Å². The monoisotopic (exact) mass is 401 g/mol. The molecule has 0 aliphatic rings. The molecular weight excluding hydrogens is 385 g/mol. The van der Waals surface area contributed by atoms with Crippen molar-refractivity contribution in [2.24, 2.45) is 0 Å². The molecule has 0 spiro atoms. The van der Waals surface area contributed by atoms with Crippen LogP contribution < -0.4 is 4.90 Å². The van der Waals surface area contributed by atoms with E-state index in [-0.39, 0.29) is 12.3 Å². The topological polar surface area (TPSA) is 20.3 Å². The first kappa shape index (κ1) is 18.7. The zero-order chi connectivity index (χ0) is 18.5. The number of nitrogens with zero attached hydrogens (tertiary/aromatic N) is 1. The minimum absolute atomic E-state index is 0.0356. The van der Waals surface area contributed by atoms with Crippen molar-refractivity contribution in [2.45, 2.75) is 6.42 Å². The van der Waals surface area contributed by atoms with Crippen molar-refractivity contribution in [1.29, 1.82) is 0 Å². The maximum Gasteiger partial charge on any atom is 0.231 e. The summed E-state index contributed by atoms with van der Waals surface area (Å²) in [4.78, 5) is 15.7. The number of amides is 1. The Balaban J connectivity index is 1.83. The fraction of sp³-hybridized carbons (Fsp3) is 0.0952. The van der Waals surface area contributed by atoms with Gasteiger partial charge >= 0.3 is 0 Å². The number of hydrogen-bond acceptors (Lipinski definition) is 2. The van der Waals surface area contributed by atoms with Gasteiger partial charge in [0.2, 0.25) is 5.91 Å². The number of rotatable bonds is 6. The second kappa shape index (κ2) is 8.54. The zero-order valence-electron chi connectivity index (χ0n) is 14.0. The Morgan fingerprint density at radius 1 is 1.12 bits per heavy atom. The van der Waals surface area contributed by atoms with E-state index in [9.17, 15) is 4.79 Å². The summed E-state index contributed by atoms with van der Waals surface area (Å²) < 4.78 is 0. The predicted molar refractivity (Wildman–Crippen MR) is 112 cm³/mol. The van der Waals surface area contributed by atoms with Crippen LogP contribution in [0.4, 0.5) is 5.69 Å². The first-order valence-electron chi connectivity index (χ1n) is 8.07. The van der Waals surface area contributed by atoms with Gasteiger partial charge in [0.05, 0.1) is 12.1 Å². The maximum atomic E-state index is 12.9. The van der Waals surface area contributed by atoms with Crippen LogP contribution in [0.25, 0.3) is 10.4 Å². The highest BCUT2D eigenvalue weighted by atomic mass is 35.5. The van der Waals surface area contributed by atoms with E-state index in [1.807, 2.05) is 29.6 Å². The van der Waals surface area contributed by atoms with Crippen molar-refractivity contribution in [2.75, 3.05) is 11.4 Å². The van der Waals surface area contributed by atoms with E-state index in [1.54, 1.807) is 40.5 Å². The third-order valence-electron chi connectivity index (χ3n) is 3.93. The Labute approximate surface area is 167 Å². The number of thiophene rings is 1. The van der Waals surface area contributed by atoms with Gasteiger partial charge in [-0.1, -0.05) is 65.7 Å². The summed E-state index contributed by atoms with van der Waals surface area (Å²) in [5.74, 6) is -0.0356. The minimum Gasteiger partial charge on any atom is -0.307 e. The normalized spacial score (nSPS) is 10.5. The van der Waals surface area contributed by atoms with E-state index in [0.717, 1.165) is 21.7 Å². The largest absolute Gasteiger partial charge is 0.307 e. The molecule has 3 aromatic rings. The second-order valence-corrected chi connectivity index (χ2v) is 7.50. The fourth-order valence-electron chi connectivity index (χ4n) is 2.63. The molecule has 132 valence electrons. The molecule has 1 amide bonds. The lowest BCUT2D eigenvalue weighted by atomic mass is 10.1. The summed E-state index contributed by atoms with van der Waals surface area (Å²) in [6.45, 7) is 4.22. The van der Waals surface area contributed by atoms with Crippen molar-refractivity contribution in [3.63, 3.8) is 0 Å². The quantitative estimate of drug-likeness (QED) is 0.432. The number of anilines is 1. The molecule has 2 aromatic carbocycles. The molecule has 3 rings (SSSR count). The highest BCUT2D eigenvalue weighted by Gasteiger charge is 2.18. The van der Waals surface area contributed by atoms with Crippen LogP contribution in [-0.2, 0) is 11.2 Å². The van der Waals surface area contributed by atoms with Gasteiger partial charge in [-0.15, -0.1) is 17.9 Å². The molecule has 26 heavy (non-hydrogen) atoms. The molecule has 0 N–H and O–H groups in total. The predicted octanol–water partition coefficient (Wildman–Crippen LogP) is 6.48. The van der Waals surface area contributed by atoms with E-state index in [1.165, 1.54) is 0 Å². The van der Waals surface area contributed by atoms with Crippen LogP contribution in [0, 0.1) is 0 Å². The zero-order valence-corrected chi connectivity index (χ0v) is 16.3. The smallest absolute Gasteiger partial charge is 0.231 e. The lowest BCUT2D eigenvalue weighted by molar-refractivity contribution is -0.117. The summed E-state index contributed by atoms with van der Waals surface area (Å²) >= 11 is 13.8. The van der Waals surface area contributed by atoms with Crippen LogP contribution in [0.3, 0.4) is 0 Å². The Kier molecular flexibility index (Phi) is 6.15. The summed E-state index contributed by atoms with van der Waals surface area (Å²) in [5, 5.41) is 3.05. The Morgan fingerprint density at radius 3 is 2.58 bits per heavy atom. The van der Waals surface area contributed by atoms with Crippen molar-refractivity contribution < 1.29 is 4.79 Å². The number of carbonyl (C=O) groups excluding carboxylic acids is 1. The SMILES string of the molecule is C=CCN(C(=O)Cc1ccc(Cl)cc1Cl)c1csc(-c2ccccc2)c1. The van der Waals surface area contributed by atoms with E-state index in [2.05, 4.69) is 18.7 Å². The average Bonchev–Trinajstić information content (AvgIpc) is 3.12. The van der Waals surface area contributed by atoms with Gasteiger partial charge in [-0.25, -0.2) is 0 Å². The molecule has 1 heterocycles. The van der Waals surface area contributed by atoms with Crippen molar-refractivity contribution in [3.8, 4) is 10.4 Å². The number of hydrogen-bond donors (Lipinski definition) is 0. The van der Waals surface area contributed by atoms with Gasteiger partial charge in [0.15, 0.2) is 0 Å². The molecule has 0 atom stereocenters. The highest BCUT2D eigenvalue weighted by Crippen LogP contribution is 2.32. The summed E-state index contributed by atoms with van der Waals surface area (Å²) in [6.07, 6.45) is 1.93. The molecule has 5 heteroatoms. The third kappa shape index (κ3) is 4.36. The summed E-state index contributed by atoms with van der Waals surface area (Å²) in [6, 6.07) is 17.3. The molecule has 1 aromatic heterocycles. The standard InChI is InChI=1S/C21H17Cl2NOS/c1-2-10-24(21(25)11-16-8-9-17(22)12-19(16)23)18-13-20(26-14-18)15-6-4-3-5-7-15/h2-9,12-14H,1,10-11H2. The van der Waals surface area contributed by atoms with Gasteiger partial charge in [-0.05, 0) is 29.3 Å². The Hall–Kier alpha value is -2.07. The van der Waals surface area contributed by atoms with Crippen LogP contribution >= 0.6 is 34.5 Å². The van der Waals surface area contributed by atoms with Crippen molar-refractivity contribution >= 4 is 46.1 Å². The molecule has 0 unspecified atom stereocenters. The van der Waals surface area contributed by atoms with Gasteiger partial charge in [-0.3, -0.25) is 4.79 Å². The van der Waals surface area contributed by atoms with Crippen molar-refractivity contribution in [1.82, 2.24) is 0 Å². The minimum atomic E-state index is -0.0356. The number of carbonyl (C=O) groups is 1. The molecule has 2 nitrogen and oxygen atoms in total. The van der Waals surface area contributed by atoms with Gasteiger partial charge in [0.25, 0.3) is 0 Å². The summed E-state index contributed by atoms with van der Waals surface area (Å²) in [5.41, 5.74) is 2.76. The summed E-state index contributed by atoms with van der Waals surface area (Å²) in [7, 11) is 0. The van der Waals surface area contributed by atoms with Crippen LogP contribution in [0.1, 0.15) is 5.56 Å². The van der Waals surface area contributed by atoms with Crippen LogP contribution in [0.2, 0.25) is 10.0 Å². The Bertz CT molecular complexity index is 921. The second-order valence-electron chi connectivity index (χ2n) is 5.74. The van der Waals surface area contributed by atoms with Crippen LogP contribution in [-0.4, -0.2) is 12.5 Å². The molecule has 0 fully saturated rings. The molecule has 0 bridgehead atoms. The molecule has 0 aliphatic carbocycles. The average molecular weight is 402 g/mol. The number of halogens is 2. The van der Waals surface area contributed by atoms with Gasteiger partial charge < -0.3 is 4.90 Å². The molecule has 0 saturated heterocycles. The van der Waals surface area contributed by atoms with Crippen LogP contribution in [0.15, 0.2) is 72.6 Å². The van der Waals surface area contributed by atoms with Gasteiger partial charge in [0, 0.05) is 26.8 Å². The lowest BCUT2D eigenvalue weighted by Crippen LogP contribution is -2.32. The molecule has 0 radical (unpaired) electrons. The number of benzene rings is 2.